The molecular formula is C12H15F3N2O3S. The summed E-state index contributed by atoms with van der Waals surface area (Å²) in [4.78, 5) is 11.5. The Morgan fingerprint density at radius 1 is 1.19 bits per heavy atom. The van der Waals surface area contributed by atoms with Gasteiger partial charge in [0.1, 0.15) is 0 Å². The summed E-state index contributed by atoms with van der Waals surface area (Å²) in [5.41, 5.74) is -0.647. The summed E-state index contributed by atoms with van der Waals surface area (Å²) in [6.45, 7) is 0. The van der Waals surface area contributed by atoms with Crippen molar-refractivity contribution in [2.45, 2.75) is 12.6 Å². The zero-order valence-electron chi connectivity index (χ0n) is 11.4. The van der Waals surface area contributed by atoms with Gasteiger partial charge in [-0.05, 0) is 24.3 Å². The number of rotatable bonds is 5. The van der Waals surface area contributed by atoms with Crippen molar-refractivity contribution in [3.63, 3.8) is 0 Å². The van der Waals surface area contributed by atoms with E-state index in [-0.39, 0.29) is 17.9 Å². The minimum Gasteiger partial charge on any atom is -0.326 e. The van der Waals surface area contributed by atoms with Crippen LogP contribution in [0.1, 0.15) is 12.0 Å². The molecule has 0 aromatic heterocycles. The quantitative estimate of drug-likeness (QED) is 0.900. The Hall–Kier alpha value is -1.61. The predicted molar refractivity (Wildman–Crippen MR) is 72.2 cm³/mol. The summed E-state index contributed by atoms with van der Waals surface area (Å²) in [6.07, 6.45) is -4.72. The Morgan fingerprint density at radius 2 is 1.71 bits per heavy atom. The minimum atomic E-state index is -4.44. The third-order valence-corrected chi connectivity index (χ3v) is 4.47. The normalized spacial score (nSPS) is 12.5. The Balaban J connectivity index is 2.60. The first-order valence-corrected chi connectivity index (χ1v) is 7.50. The summed E-state index contributed by atoms with van der Waals surface area (Å²) >= 11 is 0. The summed E-state index contributed by atoms with van der Waals surface area (Å²) in [7, 11) is -0.787. The highest BCUT2D eigenvalue weighted by molar-refractivity contribution is 7.89. The molecular weight excluding hydrogens is 309 g/mol. The zero-order valence-corrected chi connectivity index (χ0v) is 12.3. The van der Waals surface area contributed by atoms with Crippen LogP contribution in [0.4, 0.5) is 18.9 Å². The van der Waals surface area contributed by atoms with Crippen molar-refractivity contribution in [2.75, 3.05) is 25.2 Å². The molecule has 1 aromatic rings. The first kappa shape index (κ1) is 17.4. The highest BCUT2D eigenvalue weighted by Crippen LogP contribution is 2.29. The summed E-state index contributed by atoms with van der Waals surface area (Å²) < 4.78 is 61.0. The van der Waals surface area contributed by atoms with Gasteiger partial charge in [0.05, 0.1) is 11.3 Å². The molecule has 9 heteroatoms. The average Bonchev–Trinajstić information content (AvgIpc) is 2.36. The van der Waals surface area contributed by atoms with E-state index >= 15 is 0 Å². The molecule has 0 heterocycles. The van der Waals surface area contributed by atoms with Gasteiger partial charge < -0.3 is 5.32 Å². The monoisotopic (exact) mass is 324 g/mol. The molecule has 0 radical (unpaired) electrons. The molecule has 21 heavy (non-hydrogen) atoms. The van der Waals surface area contributed by atoms with Crippen LogP contribution in [0.3, 0.4) is 0 Å². The van der Waals surface area contributed by atoms with Crippen LogP contribution < -0.4 is 5.32 Å². The van der Waals surface area contributed by atoms with Crippen LogP contribution in [0, 0.1) is 0 Å². The van der Waals surface area contributed by atoms with Gasteiger partial charge in [-0.3, -0.25) is 4.79 Å². The molecule has 1 rings (SSSR count). The third-order valence-electron chi connectivity index (χ3n) is 2.64. The van der Waals surface area contributed by atoms with Gasteiger partial charge in [0.15, 0.2) is 0 Å². The molecule has 1 amide bonds. The maximum atomic E-state index is 12.4. The topological polar surface area (TPSA) is 66.5 Å². The maximum absolute atomic E-state index is 12.4. The van der Waals surface area contributed by atoms with Gasteiger partial charge in [0.25, 0.3) is 0 Å². The van der Waals surface area contributed by atoms with E-state index in [1.165, 1.54) is 14.1 Å². The molecule has 0 unspecified atom stereocenters. The van der Waals surface area contributed by atoms with Gasteiger partial charge in [-0.25, -0.2) is 12.7 Å². The molecule has 0 aliphatic carbocycles. The molecule has 0 saturated heterocycles. The van der Waals surface area contributed by atoms with Gasteiger partial charge in [-0.2, -0.15) is 13.2 Å². The highest BCUT2D eigenvalue weighted by atomic mass is 32.2. The molecule has 0 bridgehead atoms. The van der Waals surface area contributed by atoms with E-state index in [9.17, 15) is 26.4 Å². The van der Waals surface area contributed by atoms with Crippen molar-refractivity contribution in [1.29, 1.82) is 0 Å². The first-order chi connectivity index (χ1) is 9.52. The number of hydrogen-bond donors (Lipinski definition) is 1. The van der Waals surface area contributed by atoms with Crippen LogP contribution >= 0.6 is 0 Å². The second kappa shape index (κ2) is 6.44. The fourth-order valence-electron chi connectivity index (χ4n) is 1.37. The number of sulfonamides is 1. The van der Waals surface area contributed by atoms with Gasteiger partial charge in [0.2, 0.25) is 15.9 Å². The third kappa shape index (κ3) is 5.35. The van der Waals surface area contributed by atoms with Crippen LogP contribution in [-0.2, 0) is 21.0 Å². The molecule has 0 aliphatic rings. The lowest BCUT2D eigenvalue weighted by atomic mass is 10.2. The van der Waals surface area contributed by atoms with E-state index in [1.807, 2.05) is 0 Å². The van der Waals surface area contributed by atoms with Crippen molar-refractivity contribution in [3.8, 4) is 0 Å². The molecule has 0 saturated carbocycles. The minimum absolute atomic E-state index is 0.176. The molecule has 0 aliphatic heterocycles. The van der Waals surface area contributed by atoms with Crippen molar-refractivity contribution in [2.24, 2.45) is 0 Å². The number of nitrogens with one attached hydrogen (secondary N) is 1. The largest absolute Gasteiger partial charge is 0.416 e. The lowest BCUT2D eigenvalue weighted by molar-refractivity contribution is -0.137. The molecule has 118 valence electrons. The molecule has 1 N–H and O–H groups in total. The van der Waals surface area contributed by atoms with Crippen LogP contribution in [0.5, 0.6) is 0 Å². The van der Waals surface area contributed by atoms with Gasteiger partial charge in [-0.1, -0.05) is 0 Å². The number of alkyl halides is 3. The Labute approximate surface area is 120 Å². The number of nitrogens with zero attached hydrogens (tertiary/aromatic N) is 1. The molecule has 1 aromatic carbocycles. The van der Waals surface area contributed by atoms with E-state index in [1.54, 1.807) is 0 Å². The zero-order chi connectivity index (χ0) is 16.3. The molecule has 0 fully saturated rings. The van der Waals surface area contributed by atoms with Gasteiger partial charge in [0, 0.05) is 26.2 Å². The molecule has 0 atom stereocenters. The number of carbonyl (C=O) groups excluding carboxylic acids is 1. The summed E-state index contributed by atoms with van der Waals surface area (Å²) in [6, 6.07) is 3.90. The Morgan fingerprint density at radius 3 is 2.14 bits per heavy atom. The molecule has 0 spiro atoms. The van der Waals surface area contributed by atoms with E-state index in [0.717, 1.165) is 28.6 Å². The van der Waals surface area contributed by atoms with Crippen LogP contribution in [0.2, 0.25) is 0 Å². The van der Waals surface area contributed by atoms with Crippen molar-refractivity contribution < 1.29 is 26.4 Å². The van der Waals surface area contributed by atoms with Crippen molar-refractivity contribution in [1.82, 2.24) is 4.31 Å². The SMILES string of the molecule is CN(C)S(=O)(=O)CCC(=O)Nc1ccc(C(F)(F)F)cc1. The average molecular weight is 324 g/mol. The van der Waals surface area contributed by atoms with E-state index in [2.05, 4.69) is 5.32 Å². The second-order valence-electron chi connectivity index (χ2n) is 4.47. The number of hydrogen-bond acceptors (Lipinski definition) is 3. The van der Waals surface area contributed by atoms with Crippen molar-refractivity contribution in [3.05, 3.63) is 29.8 Å². The lowest BCUT2D eigenvalue weighted by Gasteiger charge is -2.11. The number of halogens is 3. The Bertz CT molecular complexity index is 595. The highest BCUT2D eigenvalue weighted by Gasteiger charge is 2.30. The lowest BCUT2D eigenvalue weighted by Crippen LogP contribution is -2.27. The standard InChI is InChI=1S/C12H15F3N2O3S/c1-17(2)21(19,20)8-7-11(18)16-10-5-3-9(4-6-10)12(13,14)15/h3-6H,7-8H2,1-2H3,(H,16,18). The smallest absolute Gasteiger partial charge is 0.326 e. The number of anilines is 1. The summed E-state index contributed by atoms with van der Waals surface area (Å²) in [5.74, 6) is -0.952. The fraction of sp³-hybridized carbons (Fsp3) is 0.417. The van der Waals surface area contributed by atoms with E-state index in [4.69, 9.17) is 0 Å². The number of amides is 1. The summed E-state index contributed by atoms with van der Waals surface area (Å²) in [5, 5.41) is 2.34. The second-order valence-corrected chi connectivity index (χ2v) is 6.77. The Kier molecular flexibility index (Phi) is 5.35. The van der Waals surface area contributed by atoms with Crippen LogP contribution in [0.15, 0.2) is 24.3 Å². The maximum Gasteiger partial charge on any atom is 0.416 e. The van der Waals surface area contributed by atoms with E-state index in [0.29, 0.717) is 0 Å². The van der Waals surface area contributed by atoms with Crippen LogP contribution in [0.25, 0.3) is 0 Å². The predicted octanol–water partition coefficient (Wildman–Crippen LogP) is 1.93. The van der Waals surface area contributed by atoms with Crippen molar-refractivity contribution >= 4 is 21.6 Å². The first-order valence-electron chi connectivity index (χ1n) is 5.90. The van der Waals surface area contributed by atoms with Crippen LogP contribution in [-0.4, -0.2) is 38.5 Å². The molecule has 5 nitrogen and oxygen atoms in total. The van der Waals surface area contributed by atoms with E-state index < -0.39 is 27.7 Å². The number of benzene rings is 1. The fourth-order valence-corrected chi connectivity index (χ4v) is 2.18. The van der Waals surface area contributed by atoms with Gasteiger partial charge in [-0.15, -0.1) is 0 Å². The van der Waals surface area contributed by atoms with Gasteiger partial charge >= 0.3 is 6.18 Å². The number of carbonyl (C=O) groups is 1.